The van der Waals surface area contributed by atoms with Gasteiger partial charge in [-0.2, -0.15) is 0 Å². The molecule has 0 aliphatic carbocycles. The fraction of sp³-hybridized carbons (Fsp3) is 0.917. The van der Waals surface area contributed by atoms with Gasteiger partial charge >= 0.3 is 0 Å². The SMILES string of the molecule is COCCN=C(N)NC(C)CCCC(C)C.I. The Kier molecular flexibility index (Phi) is 14.1. The quantitative estimate of drug-likeness (QED) is 0.304. The van der Waals surface area contributed by atoms with Gasteiger partial charge in [0.15, 0.2) is 5.96 Å². The summed E-state index contributed by atoms with van der Waals surface area (Å²) in [5.41, 5.74) is 5.73. The molecule has 0 heterocycles. The third-order valence-corrected chi connectivity index (χ3v) is 2.39. The van der Waals surface area contributed by atoms with Crippen LogP contribution >= 0.6 is 24.0 Å². The number of methoxy groups -OCH3 is 1. The van der Waals surface area contributed by atoms with Gasteiger partial charge in [0.2, 0.25) is 0 Å². The fourth-order valence-electron chi connectivity index (χ4n) is 1.46. The summed E-state index contributed by atoms with van der Waals surface area (Å²) in [5, 5.41) is 3.18. The number of guanidine groups is 1. The summed E-state index contributed by atoms with van der Waals surface area (Å²) in [6.45, 7) is 7.87. The highest BCUT2D eigenvalue weighted by atomic mass is 127. The summed E-state index contributed by atoms with van der Waals surface area (Å²) >= 11 is 0. The molecule has 0 saturated heterocycles. The van der Waals surface area contributed by atoms with Crippen molar-refractivity contribution in [2.24, 2.45) is 16.6 Å². The smallest absolute Gasteiger partial charge is 0.188 e. The van der Waals surface area contributed by atoms with Crippen LogP contribution in [0.5, 0.6) is 0 Å². The molecule has 0 bridgehead atoms. The van der Waals surface area contributed by atoms with Gasteiger partial charge in [0.25, 0.3) is 0 Å². The van der Waals surface area contributed by atoms with Crippen molar-refractivity contribution in [2.45, 2.75) is 46.1 Å². The van der Waals surface area contributed by atoms with Gasteiger partial charge in [-0.05, 0) is 19.3 Å². The molecule has 0 aliphatic rings. The average molecular weight is 357 g/mol. The Bertz CT molecular complexity index is 198. The van der Waals surface area contributed by atoms with Crippen LogP contribution in [0.15, 0.2) is 4.99 Å². The minimum atomic E-state index is 0. The second-order valence-corrected chi connectivity index (χ2v) is 4.63. The van der Waals surface area contributed by atoms with E-state index in [9.17, 15) is 0 Å². The van der Waals surface area contributed by atoms with E-state index in [1.54, 1.807) is 7.11 Å². The predicted molar refractivity (Wildman–Crippen MR) is 85.1 cm³/mol. The molecule has 3 N–H and O–H groups in total. The molecule has 0 rings (SSSR count). The van der Waals surface area contributed by atoms with E-state index in [0.29, 0.717) is 25.2 Å². The van der Waals surface area contributed by atoms with Crippen molar-refractivity contribution in [1.82, 2.24) is 5.32 Å². The molecule has 0 aromatic carbocycles. The second kappa shape index (κ2) is 12.4. The van der Waals surface area contributed by atoms with Crippen molar-refractivity contribution in [2.75, 3.05) is 20.3 Å². The summed E-state index contributed by atoms with van der Waals surface area (Å²) in [7, 11) is 1.66. The van der Waals surface area contributed by atoms with Crippen LogP contribution in [0.1, 0.15) is 40.0 Å². The third-order valence-electron chi connectivity index (χ3n) is 2.39. The highest BCUT2D eigenvalue weighted by Gasteiger charge is 2.03. The lowest BCUT2D eigenvalue weighted by atomic mass is 10.0. The normalized spacial score (nSPS) is 13.4. The first-order chi connectivity index (χ1) is 7.56. The van der Waals surface area contributed by atoms with Gasteiger partial charge in [0.05, 0.1) is 13.2 Å². The molecule has 104 valence electrons. The number of rotatable bonds is 8. The van der Waals surface area contributed by atoms with Crippen LogP contribution in [0.25, 0.3) is 0 Å². The fourth-order valence-corrected chi connectivity index (χ4v) is 1.46. The molecule has 0 saturated carbocycles. The molecular formula is C12H28IN3O. The lowest BCUT2D eigenvalue weighted by Crippen LogP contribution is -2.38. The first kappa shape index (κ1) is 19.3. The Morgan fingerprint density at radius 3 is 2.47 bits per heavy atom. The number of nitrogens with one attached hydrogen (secondary N) is 1. The summed E-state index contributed by atoms with van der Waals surface area (Å²) in [6, 6.07) is 0.394. The van der Waals surface area contributed by atoms with E-state index in [-0.39, 0.29) is 24.0 Å². The second-order valence-electron chi connectivity index (χ2n) is 4.63. The zero-order valence-electron chi connectivity index (χ0n) is 11.5. The number of hydrogen-bond donors (Lipinski definition) is 2. The van der Waals surface area contributed by atoms with E-state index in [1.165, 1.54) is 12.8 Å². The summed E-state index contributed by atoms with van der Waals surface area (Å²) < 4.78 is 4.90. The molecule has 4 nitrogen and oxygen atoms in total. The molecule has 0 spiro atoms. The van der Waals surface area contributed by atoms with Crippen molar-refractivity contribution in [3.05, 3.63) is 0 Å². The molecule has 0 aliphatic heterocycles. The van der Waals surface area contributed by atoms with Gasteiger partial charge in [-0.3, -0.25) is 4.99 Å². The number of halogens is 1. The molecule has 0 aromatic heterocycles. The number of hydrogen-bond acceptors (Lipinski definition) is 2. The third kappa shape index (κ3) is 13.9. The zero-order valence-corrected chi connectivity index (χ0v) is 13.9. The number of aliphatic imine (C=N–C) groups is 1. The number of nitrogens with two attached hydrogens (primary N) is 1. The topological polar surface area (TPSA) is 59.6 Å². The Balaban J connectivity index is 0. The minimum Gasteiger partial charge on any atom is -0.383 e. The lowest BCUT2D eigenvalue weighted by molar-refractivity contribution is 0.208. The summed E-state index contributed by atoms with van der Waals surface area (Å²) in [5.74, 6) is 1.30. The van der Waals surface area contributed by atoms with Crippen LogP contribution in [0.4, 0.5) is 0 Å². The van der Waals surface area contributed by atoms with Crippen molar-refractivity contribution in [3.8, 4) is 0 Å². The lowest BCUT2D eigenvalue weighted by Gasteiger charge is -2.14. The van der Waals surface area contributed by atoms with E-state index in [0.717, 1.165) is 12.3 Å². The molecular weight excluding hydrogens is 329 g/mol. The zero-order chi connectivity index (χ0) is 12.4. The molecule has 0 radical (unpaired) electrons. The van der Waals surface area contributed by atoms with Crippen molar-refractivity contribution >= 4 is 29.9 Å². The van der Waals surface area contributed by atoms with Crippen molar-refractivity contribution < 1.29 is 4.74 Å². The van der Waals surface area contributed by atoms with Gasteiger partial charge in [-0.15, -0.1) is 24.0 Å². The molecule has 0 fully saturated rings. The van der Waals surface area contributed by atoms with Crippen molar-refractivity contribution in [3.63, 3.8) is 0 Å². The minimum absolute atomic E-state index is 0. The summed E-state index contributed by atoms with van der Waals surface area (Å²) in [4.78, 5) is 4.16. The monoisotopic (exact) mass is 357 g/mol. The van der Waals surface area contributed by atoms with Gasteiger partial charge in [-0.25, -0.2) is 0 Å². The van der Waals surface area contributed by atoms with Crippen LogP contribution in [0, 0.1) is 5.92 Å². The molecule has 0 aromatic rings. The number of nitrogens with zero attached hydrogens (tertiary/aromatic N) is 1. The van der Waals surface area contributed by atoms with Gasteiger partial charge in [0.1, 0.15) is 0 Å². The standard InChI is InChI=1S/C12H27N3O.HI/c1-10(2)6-5-7-11(3)15-12(13)14-8-9-16-4;/h10-11H,5-9H2,1-4H3,(H3,13,14,15);1H. The maximum Gasteiger partial charge on any atom is 0.188 e. The first-order valence-electron chi connectivity index (χ1n) is 6.11. The van der Waals surface area contributed by atoms with E-state index >= 15 is 0 Å². The van der Waals surface area contributed by atoms with E-state index < -0.39 is 0 Å². The van der Waals surface area contributed by atoms with E-state index in [1.807, 2.05) is 0 Å². The highest BCUT2D eigenvalue weighted by molar-refractivity contribution is 14.0. The number of ether oxygens (including phenoxy) is 1. The van der Waals surface area contributed by atoms with Gasteiger partial charge < -0.3 is 15.8 Å². The summed E-state index contributed by atoms with van der Waals surface area (Å²) in [6.07, 6.45) is 3.64. The Morgan fingerprint density at radius 2 is 1.94 bits per heavy atom. The van der Waals surface area contributed by atoms with Crippen molar-refractivity contribution in [1.29, 1.82) is 0 Å². The molecule has 17 heavy (non-hydrogen) atoms. The molecule has 1 atom stereocenters. The molecule has 0 amide bonds. The largest absolute Gasteiger partial charge is 0.383 e. The van der Waals surface area contributed by atoms with E-state index in [2.05, 4.69) is 31.1 Å². The molecule has 1 unspecified atom stereocenters. The maximum absolute atomic E-state index is 5.73. The predicted octanol–water partition coefficient (Wildman–Crippen LogP) is 2.37. The van der Waals surface area contributed by atoms with Gasteiger partial charge in [0, 0.05) is 13.2 Å². The first-order valence-corrected chi connectivity index (χ1v) is 6.11. The Labute approximate surface area is 123 Å². The Morgan fingerprint density at radius 1 is 1.29 bits per heavy atom. The van der Waals surface area contributed by atoms with Crippen LogP contribution < -0.4 is 11.1 Å². The van der Waals surface area contributed by atoms with Crippen LogP contribution in [-0.4, -0.2) is 32.3 Å². The Hall–Kier alpha value is -0.0400. The maximum atomic E-state index is 5.73. The average Bonchev–Trinajstić information content (AvgIpc) is 2.17. The van der Waals surface area contributed by atoms with Crippen LogP contribution in [0.2, 0.25) is 0 Å². The molecule has 5 heteroatoms. The van der Waals surface area contributed by atoms with Crippen LogP contribution in [0.3, 0.4) is 0 Å². The van der Waals surface area contributed by atoms with Crippen LogP contribution in [-0.2, 0) is 4.74 Å². The van der Waals surface area contributed by atoms with Gasteiger partial charge in [-0.1, -0.05) is 26.7 Å². The highest BCUT2D eigenvalue weighted by Crippen LogP contribution is 2.07. The van der Waals surface area contributed by atoms with E-state index in [4.69, 9.17) is 10.5 Å².